The van der Waals surface area contributed by atoms with Crippen molar-refractivity contribution in [2.24, 2.45) is 0 Å². The monoisotopic (exact) mass is 617 g/mol. The zero-order valence-corrected chi connectivity index (χ0v) is 23.2. The number of imidazole rings is 1. The molecule has 0 radical (unpaired) electrons. The van der Waals surface area contributed by atoms with Crippen molar-refractivity contribution in [2.75, 3.05) is 32.1 Å². The van der Waals surface area contributed by atoms with Gasteiger partial charge in [-0.2, -0.15) is 26.3 Å². The van der Waals surface area contributed by atoms with Gasteiger partial charge >= 0.3 is 18.4 Å². The third kappa shape index (κ3) is 7.84. The van der Waals surface area contributed by atoms with E-state index in [9.17, 15) is 35.5 Å². The van der Waals surface area contributed by atoms with Crippen LogP contribution >= 0.6 is 12.4 Å². The molecule has 1 heterocycles. The van der Waals surface area contributed by atoms with Crippen molar-refractivity contribution in [2.45, 2.75) is 25.4 Å². The standard InChI is InChI=1S/C28H26F7N5O.ClH/c1-38(25-37-23-5-3-4-6-24(23)40(25)17-18-7-9-22(29)10-8-18)11-12-39(2)26(41)36-16-19-13-20(27(30,31)32)15-21(14-19)28(33,34)35;/h3-10,13-15H,11-12,16-17H2,1-2H3,(H,36,41);1H. The number of nitrogens with one attached hydrogen (secondary N) is 1. The molecule has 6 nitrogen and oxygen atoms in total. The van der Waals surface area contributed by atoms with Crippen molar-refractivity contribution in [3.8, 4) is 0 Å². The van der Waals surface area contributed by atoms with E-state index in [2.05, 4.69) is 5.32 Å². The molecule has 0 saturated carbocycles. The van der Waals surface area contributed by atoms with Crippen molar-refractivity contribution >= 4 is 35.4 Å². The van der Waals surface area contributed by atoms with Crippen LogP contribution < -0.4 is 10.2 Å². The van der Waals surface area contributed by atoms with E-state index in [1.165, 1.54) is 24.1 Å². The van der Waals surface area contributed by atoms with Gasteiger partial charge in [-0.3, -0.25) is 0 Å². The highest BCUT2D eigenvalue weighted by molar-refractivity contribution is 5.85. The zero-order chi connectivity index (χ0) is 29.9. The van der Waals surface area contributed by atoms with Crippen LogP contribution in [0.2, 0.25) is 0 Å². The van der Waals surface area contributed by atoms with Crippen LogP contribution in [0.4, 0.5) is 41.5 Å². The van der Waals surface area contributed by atoms with Crippen LogP contribution in [-0.4, -0.2) is 47.7 Å². The topological polar surface area (TPSA) is 53.4 Å². The smallest absolute Gasteiger partial charge is 0.343 e. The molecule has 226 valence electrons. The number of fused-ring (bicyclic) bond motifs is 1. The summed E-state index contributed by atoms with van der Waals surface area (Å²) in [6, 6.07) is 14.1. The maximum absolute atomic E-state index is 13.4. The first-order valence-corrected chi connectivity index (χ1v) is 12.4. The molecule has 3 aromatic carbocycles. The van der Waals surface area contributed by atoms with Crippen LogP contribution in [-0.2, 0) is 25.4 Å². The van der Waals surface area contributed by atoms with Crippen molar-refractivity contribution < 1.29 is 35.5 Å². The molecule has 0 bridgehead atoms. The lowest BCUT2D eigenvalue weighted by Crippen LogP contribution is -2.41. The molecule has 2 amide bonds. The van der Waals surface area contributed by atoms with Gasteiger partial charge in [-0.15, -0.1) is 12.4 Å². The second-order valence-corrected chi connectivity index (χ2v) is 9.53. The zero-order valence-electron chi connectivity index (χ0n) is 22.4. The molecule has 0 fully saturated rings. The Morgan fingerprint density at radius 2 is 1.45 bits per heavy atom. The molecule has 42 heavy (non-hydrogen) atoms. The van der Waals surface area contributed by atoms with Gasteiger partial charge in [-0.25, -0.2) is 14.2 Å². The Balaban J connectivity index is 0.00000484. The van der Waals surface area contributed by atoms with Crippen LogP contribution in [0.15, 0.2) is 66.7 Å². The van der Waals surface area contributed by atoms with Crippen LogP contribution in [0.25, 0.3) is 11.0 Å². The van der Waals surface area contributed by atoms with E-state index < -0.39 is 36.1 Å². The number of aromatic nitrogens is 2. The third-order valence-corrected chi connectivity index (χ3v) is 6.44. The predicted molar refractivity (Wildman–Crippen MR) is 147 cm³/mol. The van der Waals surface area contributed by atoms with Crippen molar-refractivity contribution in [3.05, 3.63) is 94.8 Å². The van der Waals surface area contributed by atoms with Gasteiger partial charge in [-0.05, 0) is 53.6 Å². The van der Waals surface area contributed by atoms with Gasteiger partial charge in [0.2, 0.25) is 5.95 Å². The van der Waals surface area contributed by atoms with Gasteiger partial charge in [0.05, 0.1) is 28.7 Å². The molecule has 1 N–H and O–H groups in total. The first kappa shape index (κ1) is 32.5. The normalized spacial score (nSPS) is 11.7. The second kappa shape index (κ2) is 12.9. The number of rotatable bonds is 8. The second-order valence-electron chi connectivity index (χ2n) is 9.53. The van der Waals surface area contributed by atoms with E-state index in [4.69, 9.17) is 4.98 Å². The van der Waals surface area contributed by atoms with Gasteiger partial charge in [0.1, 0.15) is 5.82 Å². The molecule has 0 aliphatic carbocycles. The number of alkyl halides is 6. The Bertz CT molecular complexity index is 1490. The van der Waals surface area contributed by atoms with Crippen LogP contribution in [0, 0.1) is 5.82 Å². The van der Waals surface area contributed by atoms with Crippen molar-refractivity contribution in [1.29, 1.82) is 0 Å². The number of hydrogen-bond acceptors (Lipinski definition) is 3. The summed E-state index contributed by atoms with van der Waals surface area (Å²) in [4.78, 5) is 20.4. The Labute approximate surface area is 243 Å². The van der Waals surface area contributed by atoms with Crippen LogP contribution in [0.3, 0.4) is 0 Å². The maximum Gasteiger partial charge on any atom is 0.416 e. The number of carbonyl (C=O) groups is 1. The van der Waals surface area contributed by atoms with E-state index in [1.54, 1.807) is 19.2 Å². The molecule has 1 aromatic heterocycles. The fourth-order valence-corrected chi connectivity index (χ4v) is 4.22. The molecule has 0 aliphatic rings. The summed E-state index contributed by atoms with van der Waals surface area (Å²) in [5, 5.41) is 2.37. The number of nitrogens with zero attached hydrogens (tertiary/aromatic N) is 4. The fraction of sp³-hybridized carbons (Fsp3) is 0.286. The van der Waals surface area contributed by atoms with Gasteiger partial charge in [0.25, 0.3) is 0 Å². The Kier molecular flexibility index (Phi) is 9.98. The number of urea groups is 1. The highest BCUT2D eigenvalue weighted by Gasteiger charge is 2.36. The molecule has 4 rings (SSSR count). The number of benzene rings is 3. The summed E-state index contributed by atoms with van der Waals surface area (Å²) < 4.78 is 94.1. The van der Waals surface area contributed by atoms with E-state index in [0.717, 1.165) is 16.6 Å². The fourth-order valence-electron chi connectivity index (χ4n) is 4.22. The number of likely N-dealkylation sites (N-methyl/N-ethyl adjacent to an activating group) is 2. The average molecular weight is 618 g/mol. The van der Waals surface area contributed by atoms with Crippen molar-refractivity contribution in [1.82, 2.24) is 19.8 Å². The van der Waals surface area contributed by atoms with Gasteiger partial charge in [0, 0.05) is 33.7 Å². The lowest BCUT2D eigenvalue weighted by atomic mass is 10.0. The highest BCUT2D eigenvalue weighted by atomic mass is 35.5. The molecule has 0 atom stereocenters. The Morgan fingerprint density at radius 1 is 0.857 bits per heavy atom. The van der Waals surface area contributed by atoms with E-state index in [1.807, 2.05) is 33.7 Å². The largest absolute Gasteiger partial charge is 0.416 e. The quantitative estimate of drug-likeness (QED) is 0.218. The van der Waals surface area contributed by atoms with Crippen LogP contribution in [0.5, 0.6) is 0 Å². The summed E-state index contributed by atoms with van der Waals surface area (Å²) in [6.45, 7) is 0.351. The minimum Gasteiger partial charge on any atom is -0.343 e. The first-order valence-electron chi connectivity index (χ1n) is 12.4. The summed E-state index contributed by atoms with van der Waals surface area (Å²) in [5.74, 6) is 0.240. The number of amides is 2. The average Bonchev–Trinajstić information content (AvgIpc) is 3.28. The molecule has 14 heteroatoms. The highest BCUT2D eigenvalue weighted by Crippen LogP contribution is 2.36. The molecule has 4 aromatic rings. The third-order valence-electron chi connectivity index (χ3n) is 6.44. The molecule has 0 saturated heterocycles. The van der Waals surface area contributed by atoms with Gasteiger partial charge in [-0.1, -0.05) is 24.3 Å². The van der Waals surface area contributed by atoms with E-state index in [-0.39, 0.29) is 36.4 Å². The summed E-state index contributed by atoms with van der Waals surface area (Å²) >= 11 is 0. The first-order chi connectivity index (χ1) is 19.2. The Hall–Kier alpha value is -4.00. The lowest BCUT2D eigenvalue weighted by molar-refractivity contribution is -0.143. The number of halogens is 8. The summed E-state index contributed by atoms with van der Waals surface area (Å²) in [6.07, 6.45) is -9.96. The SMILES string of the molecule is CN(CCN(C)c1nc2ccccc2n1Cc1ccc(F)cc1)C(=O)NCc1cc(C(F)(F)F)cc(C(F)(F)F)c1.Cl. The van der Waals surface area contributed by atoms with Crippen molar-refractivity contribution in [3.63, 3.8) is 0 Å². The molecule has 0 spiro atoms. The van der Waals surface area contributed by atoms with E-state index >= 15 is 0 Å². The number of hydrogen-bond donors (Lipinski definition) is 1. The van der Waals surface area contributed by atoms with Gasteiger partial charge in [0.15, 0.2) is 0 Å². The minimum atomic E-state index is -4.98. The van der Waals surface area contributed by atoms with Crippen LogP contribution in [0.1, 0.15) is 22.3 Å². The summed E-state index contributed by atoms with van der Waals surface area (Å²) in [7, 11) is 3.23. The molecular weight excluding hydrogens is 591 g/mol. The maximum atomic E-state index is 13.4. The Morgan fingerprint density at radius 3 is 2.05 bits per heavy atom. The number of para-hydroxylation sites is 2. The predicted octanol–water partition coefficient (Wildman–Crippen LogP) is 6.96. The van der Waals surface area contributed by atoms with E-state index in [0.29, 0.717) is 31.2 Å². The summed E-state index contributed by atoms with van der Waals surface area (Å²) in [5.41, 5.74) is -0.791. The molecular formula is C28H27ClF7N5O. The molecule has 0 unspecified atom stereocenters. The molecule has 0 aliphatic heterocycles. The van der Waals surface area contributed by atoms with Gasteiger partial charge < -0.3 is 19.7 Å². The number of anilines is 1. The number of carbonyl (C=O) groups excluding carboxylic acids is 1. The minimum absolute atomic E-state index is 0. The lowest BCUT2D eigenvalue weighted by Gasteiger charge is -2.24.